The molecule has 14 heavy (non-hydrogen) atoms. The van der Waals surface area contributed by atoms with Gasteiger partial charge in [0.25, 0.3) is 0 Å². The van der Waals surface area contributed by atoms with E-state index in [4.69, 9.17) is 15.3 Å². The predicted molar refractivity (Wildman–Crippen MR) is 61.9 cm³/mol. The van der Waals surface area contributed by atoms with Crippen LogP contribution >= 0.6 is 0 Å². The Kier molecular flexibility index (Phi) is 5.59. The Balaban J connectivity index is 3.96. The summed E-state index contributed by atoms with van der Waals surface area (Å²) in [4.78, 5) is 0. The SMILES string of the molecule is C#CCO[Si](C)(C)OC(=C)CC(C)C. The fourth-order valence-electron chi connectivity index (χ4n) is 1.09. The normalized spacial score (nSPS) is 11.1. The van der Waals surface area contributed by atoms with Crippen molar-refractivity contribution in [2.24, 2.45) is 5.92 Å². The summed E-state index contributed by atoms with van der Waals surface area (Å²) in [6, 6.07) is 0. The third-order valence-corrected chi connectivity index (χ3v) is 3.15. The maximum absolute atomic E-state index is 5.68. The number of terminal acetylenes is 1. The van der Waals surface area contributed by atoms with E-state index in [1.165, 1.54) is 0 Å². The van der Waals surface area contributed by atoms with Gasteiger partial charge >= 0.3 is 8.56 Å². The zero-order chi connectivity index (χ0) is 11.2. The van der Waals surface area contributed by atoms with Gasteiger partial charge in [-0.25, -0.2) is 0 Å². The molecule has 0 radical (unpaired) electrons. The maximum atomic E-state index is 5.68. The van der Waals surface area contributed by atoms with E-state index in [1.807, 2.05) is 13.1 Å². The Morgan fingerprint density at radius 1 is 1.50 bits per heavy atom. The Morgan fingerprint density at radius 3 is 2.50 bits per heavy atom. The van der Waals surface area contributed by atoms with E-state index >= 15 is 0 Å². The second-order valence-corrected chi connectivity index (χ2v) is 7.42. The van der Waals surface area contributed by atoms with Crippen molar-refractivity contribution in [1.82, 2.24) is 0 Å². The molecule has 0 aliphatic rings. The number of allylic oxidation sites excluding steroid dienone is 1. The summed E-state index contributed by atoms with van der Waals surface area (Å²) >= 11 is 0. The first-order valence-electron chi connectivity index (χ1n) is 4.81. The minimum atomic E-state index is -2.10. The van der Waals surface area contributed by atoms with Gasteiger partial charge in [-0.15, -0.1) is 6.42 Å². The second-order valence-electron chi connectivity index (χ2n) is 4.13. The van der Waals surface area contributed by atoms with Gasteiger partial charge in [0.15, 0.2) is 0 Å². The number of hydrogen-bond donors (Lipinski definition) is 0. The van der Waals surface area contributed by atoms with E-state index in [0.29, 0.717) is 12.5 Å². The van der Waals surface area contributed by atoms with Crippen molar-refractivity contribution in [1.29, 1.82) is 0 Å². The van der Waals surface area contributed by atoms with Gasteiger partial charge in [-0.3, -0.25) is 0 Å². The van der Waals surface area contributed by atoms with E-state index in [-0.39, 0.29) is 0 Å². The molecule has 0 aromatic heterocycles. The average molecular weight is 212 g/mol. The van der Waals surface area contributed by atoms with Crippen LogP contribution in [0.25, 0.3) is 0 Å². The minimum Gasteiger partial charge on any atom is -0.525 e. The van der Waals surface area contributed by atoms with Crippen LogP contribution in [0.15, 0.2) is 12.3 Å². The van der Waals surface area contributed by atoms with Crippen molar-refractivity contribution in [3.63, 3.8) is 0 Å². The summed E-state index contributed by atoms with van der Waals surface area (Å²) in [6.07, 6.45) is 5.99. The molecule has 0 N–H and O–H groups in total. The van der Waals surface area contributed by atoms with Crippen molar-refractivity contribution in [2.75, 3.05) is 6.61 Å². The zero-order valence-corrected chi connectivity index (χ0v) is 10.6. The molecule has 0 unspecified atom stereocenters. The fraction of sp³-hybridized carbons (Fsp3) is 0.636. The third-order valence-electron chi connectivity index (χ3n) is 1.53. The summed E-state index contributed by atoms with van der Waals surface area (Å²) in [5.74, 6) is 3.80. The molecule has 2 nitrogen and oxygen atoms in total. The first-order chi connectivity index (χ1) is 6.37. The van der Waals surface area contributed by atoms with Gasteiger partial charge in [-0.05, 0) is 19.0 Å². The Hall–Kier alpha value is -0.723. The molecule has 0 bridgehead atoms. The van der Waals surface area contributed by atoms with Gasteiger partial charge in [0.1, 0.15) is 0 Å². The van der Waals surface area contributed by atoms with E-state index in [9.17, 15) is 0 Å². The first-order valence-corrected chi connectivity index (χ1v) is 7.63. The molecule has 0 aromatic carbocycles. The lowest BCUT2D eigenvalue weighted by Gasteiger charge is -2.24. The quantitative estimate of drug-likeness (QED) is 0.383. The molecule has 0 rings (SSSR count). The van der Waals surface area contributed by atoms with Gasteiger partial charge in [-0.2, -0.15) is 0 Å². The van der Waals surface area contributed by atoms with Crippen LogP contribution in [0.3, 0.4) is 0 Å². The summed E-state index contributed by atoms with van der Waals surface area (Å²) in [5.41, 5.74) is 0. The molecule has 0 amide bonds. The smallest absolute Gasteiger partial charge is 0.392 e. The molecular weight excluding hydrogens is 192 g/mol. The van der Waals surface area contributed by atoms with Crippen molar-refractivity contribution in [3.05, 3.63) is 12.3 Å². The molecule has 0 fully saturated rings. The lowest BCUT2D eigenvalue weighted by molar-refractivity contribution is 0.234. The highest BCUT2D eigenvalue weighted by Crippen LogP contribution is 2.16. The van der Waals surface area contributed by atoms with Gasteiger partial charge in [0.2, 0.25) is 0 Å². The van der Waals surface area contributed by atoms with Crippen LogP contribution < -0.4 is 0 Å². The molecule has 0 saturated heterocycles. The standard InChI is InChI=1S/C11H20O2Si/c1-7-8-12-14(5,6)13-11(4)9-10(2)3/h1,10H,4,8-9H2,2-3,5-6H3. The van der Waals surface area contributed by atoms with Crippen LogP contribution in [0.1, 0.15) is 20.3 Å². The lowest BCUT2D eigenvalue weighted by atomic mass is 10.1. The van der Waals surface area contributed by atoms with E-state index < -0.39 is 8.56 Å². The van der Waals surface area contributed by atoms with E-state index in [0.717, 1.165) is 12.2 Å². The van der Waals surface area contributed by atoms with E-state index in [1.54, 1.807) is 0 Å². The molecule has 3 heteroatoms. The molecular formula is C11H20O2Si. The monoisotopic (exact) mass is 212 g/mol. The fourth-order valence-corrected chi connectivity index (χ4v) is 2.36. The molecule has 0 atom stereocenters. The minimum absolute atomic E-state index is 0.314. The summed E-state index contributed by atoms with van der Waals surface area (Å²) in [7, 11) is -2.10. The topological polar surface area (TPSA) is 18.5 Å². The molecule has 0 heterocycles. The molecule has 0 aromatic rings. The van der Waals surface area contributed by atoms with Crippen molar-refractivity contribution < 1.29 is 8.85 Å². The van der Waals surface area contributed by atoms with Crippen LogP contribution in [-0.2, 0) is 8.85 Å². The van der Waals surface area contributed by atoms with Crippen LogP contribution in [0.5, 0.6) is 0 Å². The van der Waals surface area contributed by atoms with Crippen LogP contribution in [0, 0.1) is 18.3 Å². The summed E-state index contributed by atoms with van der Waals surface area (Å²) in [5, 5.41) is 0. The molecule has 0 saturated carbocycles. The van der Waals surface area contributed by atoms with Crippen molar-refractivity contribution in [2.45, 2.75) is 33.4 Å². The summed E-state index contributed by atoms with van der Waals surface area (Å²) < 4.78 is 11.1. The van der Waals surface area contributed by atoms with Gasteiger partial charge in [0, 0.05) is 6.42 Å². The molecule has 0 aliphatic carbocycles. The Bertz CT molecular complexity index is 226. The number of hydrogen-bond acceptors (Lipinski definition) is 2. The highest BCUT2D eigenvalue weighted by molar-refractivity contribution is 6.64. The third kappa shape index (κ3) is 6.76. The zero-order valence-electron chi connectivity index (χ0n) is 9.59. The average Bonchev–Trinajstić information content (AvgIpc) is 1.98. The molecule has 80 valence electrons. The van der Waals surface area contributed by atoms with Gasteiger partial charge < -0.3 is 8.85 Å². The highest BCUT2D eigenvalue weighted by Gasteiger charge is 2.26. The largest absolute Gasteiger partial charge is 0.525 e. The van der Waals surface area contributed by atoms with Crippen LogP contribution in [0.2, 0.25) is 13.1 Å². The lowest BCUT2D eigenvalue weighted by Crippen LogP contribution is -2.34. The molecule has 0 spiro atoms. The van der Waals surface area contributed by atoms with Gasteiger partial charge in [-0.1, -0.05) is 26.3 Å². The highest BCUT2D eigenvalue weighted by atomic mass is 28.4. The second kappa shape index (κ2) is 5.89. The van der Waals surface area contributed by atoms with Gasteiger partial charge in [0.05, 0.1) is 12.4 Å². The molecule has 0 aliphatic heterocycles. The Morgan fingerprint density at radius 2 is 2.07 bits per heavy atom. The maximum Gasteiger partial charge on any atom is 0.392 e. The van der Waals surface area contributed by atoms with Crippen LogP contribution in [-0.4, -0.2) is 15.2 Å². The first kappa shape index (κ1) is 13.3. The van der Waals surface area contributed by atoms with Crippen molar-refractivity contribution in [3.8, 4) is 12.3 Å². The Labute approximate surface area is 88.6 Å². The van der Waals surface area contributed by atoms with Crippen molar-refractivity contribution >= 4 is 8.56 Å². The van der Waals surface area contributed by atoms with Crippen LogP contribution in [0.4, 0.5) is 0 Å². The summed E-state index contributed by atoms with van der Waals surface area (Å²) in [6.45, 7) is 12.4. The predicted octanol–water partition coefficient (Wildman–Crippen LogP) is 2.91. The number of rotatable bonds is 6. The van der Waals surface area contributed by atoms with E-state index in [2.05, 4.69) is 26.3 Å².